The summed E-state index contributed by atoms with van der Waals surface area (Å²) in [4.78, 5) is 0. The Bertz CT molecular complexity index is 3030. The molecule has 0 bridgehead atoms. The summed E-state index contributed by atoms with van der Waals surface area (Å²) in [6, 6.07) is 62.5. The smallest absolute Gasteiger partial charge is 0.0562 e. The first-order valence-electron chi connectivity index (χ1n) is 16.6. The van der Waals surface area contributed by atoms with Crippen molar-refractivity contribution in [3.05, 3.63) is 170 Å². The molecule has 0 spiro atoms. The van der Waals surface area contributed by atoms with Crippen LogP contribution in [0.3, 0.4) is 0 Å². The van der Waals surface area contributed by atoms with Crippen LogP contribution in [0.5, 0.6) is 0 Å². The molecule has 9 aromatic carbocycles. The molecule has 48 heavy (non-hydrogen) atoms. The standard InChI is InChI=1S/C46H28N2/c1-2-13-33(14-3-1)47-41-18-6-4-16-36(41)39-27-40-37-17-5-7-19-42(37)48(44(40)28-43(39)47)34-15-9-12-32(26-34)35-24-22-31-21-20-29-10-8-11-30-23-25-38(35)46(31)45(29)30/h1-28H. The highest BCUT2D eigenvalue weighted by atomic mass is 15.0. The van der Waals surface area contributed by atoms with E-state index in [1.165, 1.54) is 92.7 Å². The molecule has 0 saturated heterocycles. The van der Waals surface area contributed by atoms with Gasteiger partial charge in [0.05, 0.1) is 22.1 Å². The number of hydrogen-bond acceptors (Lipinski definition) is 0. The van der Waals surface area contributed by atoms with Gasteiger partial charge >= 0.3 is 0 Å². The van der Waals surface area contributed by atoms with Gasteiger partial charge in [-0.05, 0) is 92.0 Å². The van der Waals surface area contributed by atoms with Gasteiger partial charge in [-0.25, -0.2) is 0 Å². The fraction of sp³-hybridized carbons (Fsp3) is 0. The molecule has 0 aliphatic rings. The molecule has 0 radical (unpaired) electrons. The molecule has 0 N–H and O–H groups in total. The maximum atomic E-state index is 2.45. The van der Waals surface area contributed by atoms with Crippen molar-refractivity contribution < 1.29 is 0 Å². The van der Waals surface area contributed by atoms with Crippen molar-refractivity contribution in [1.82, 2.24) is 9.13 Å². The van der Waals surface area contributed by atoms with E-state index in [4.69, 9.17) is 0 Å². The van der Waals surface area contributed by atoms with Crippen molar-refractivity contribution in [3.8, 4) is 22.5 Å². The molecule has 2 nitrogen and oxygen atoms in total. The van der Waals surface area contributed by atoms with Gasteiger partial charge in [-0.1, -0.05) is 121 Å². The summed E-state index contributed by atoms with van der Waals surface area (Å²) in [6.07, 6.45) is 0. The zero-order valence-corrected chi connectivity index (χ0v) is 26.1. The average molecular weight is 609 g/mol. The predicted molar refractivity (Wildman–Crippen MR) is 204 cm³/mol. The number of aromatic nitrogens is 2. The third kappa shape index (κ3) is 3.46. The van der Waals surface area contributed by atoms with Crippen molar-refractivity contribution in [1.29, 1.82) is 0 Å². The van der Waals surface area contributed by atoms with E-state index >= 15 is 0 Å². The number of rotatable bonds is 3. The van der Waals surface area contributed by atoms with E-state index in [0.29, 0.717) is 0 Å². The highest BCUT2D eigenvalue weighted by molar-refractivity contribution is 6.25. The third-order valence-corrected chi connectivity index (χ3v) is 10.4. The molecule has 2 aromatic heterocycles. The summed E-state index contributed by atoms with van der Waals surface area (Å²) < 4.78 is 4.86. The van der Waals surface area contributed by atoms with E-state index in [1.807, 2.05) is 0 Å². The Kier molecular flexibility index (Phi) is 5.14. The molecule has 0 amide bonds. The quantitative estimate of drug-likeness (QED) is 0.177. The molecule has 2 heterocycles. The highest BCUT2D eigenvalue weighted by Gasteiger charge is 2.19. The van der Waals surface area contributed by atoms with E-state index in [0.717, 1.165) is 5.69 Å². The topological polar surface area (TPSA) is 9.86 Å². The second kappa shape index (κ2) is 9.57. The largest absolute Gasteiger partial charge is 0.309 e. The van der Waals surface area contributed by atoms with Crippen LogP contribution < -0.4 is 0 Å². The Labute approximate surface area is 276 Å². The van der Waals surface area contributed by atoms with E-state index < -0.39 is 0 Å². The summed E-state index contributed by atoms with van der Waals surface area (Å²) >= 11 is 0. The first-order chi connectivity index (χ1) is 23.8. The van der Waals surface area contributed by atoms with Gasteiger partial charge < -0.3 is 9.13 Å². The molecular formula is C46H28N2. The van der Waals surface area contributed by atoms with Gasteiger partial charge in [0.25, 0.3) is 0 Å². The monoisotopic (exact) mass is 608 g/mol. The Balaban J connectivity index is 1.20. The lowest BCUT2D eigenvalue weighted by atomic mass is 9.90. The van der Waals surface area contributed by atoms with Gasteiger partial charge in [0.1, 0.15) is 0 Å². The second-order valence-electron chi connectivity index (χ2n) is 12.9. The first kappa shape index (κ1) is 25.8. The van der Waals surface area contributed by atoms with Crippen molar-refractivity contribution in [2.75, 3.05) is 0 Å². The normalized spacial score (nSPS) is 12.2. The summed E-state index contributed by atoms with van der Waals surface area (Å²) in [6.45, 7) is 0. The van der Waals surface area contributed by atoms with Crippen LogP contribution in [0.2, 0.25) is 0 Å². The van der Waals surface area contributed by atoms with Crippen LogP contribution in [0.1, 0.15) is 0 Å². The lowest BCUT2D eigenvalue weighted by Gasteiger charge is -2.15. The van der Waals surface area contributed by atoms with Gasteiger partial charge in [0, 0.05) is 32.9 Å². The average Bonchev–Trinajstić information content (AvgIpc) is 3.65. The third-order valence-electron chi connectivity index (χ3n) is 10.4. The number of fused-ring (bicyclic) bond motifs is 6. The van der Waals surface area contributed by atoms with E-state index in [1.54, 1.807) is 0 Å². The molecule has 11 rings (SSSR count). The van der Waals surface area contributed by atoms with Crippen LogP contribution in [0.15, 0.2) is 170 Å². The molecule has 222 valence electrons. The van der Waals surface area contributed by atoms with E-state index in [2.05, 4.69) is 179 Å². The lowest BCUT2D eigenvalue weighted by molar-refractivity contribution is 1.16. The number of benzene rings is 9. The minimum atomic E-state index is 1.16. The van der Waals surface area contributed by atoms with E-state index in [-0.39, 0.29) is 0 Å². The maximum Gasteiger partial charge on any atom is 0.0562 e. The van der Waals surface area contributed by atoms with E-state index in [9.17, 15) is 0 Å². The van der Waals surface area contributed by atoms with Gasteiger partial charge in [-0.2, -0.15) is 0 Å². The van der Waals surface area contributed by atoms with Crippen LogP contribution in [0, 0.1) is 0 Å². The fourth-order valence-electron chi connectivity index (χ4n) is 8.36. The Morgan fingerprint density at radius 1 is 0.292 bits per heavy atom. The maximum absolute atomic E-state index is 2.45. The number of nitrogens with zero attached hydrogens (tertiary/aromatic N) is 2. The number of para-hydroxylation sites is 3. The summed E-state index contributed by atoms with van der Waals surface area (Å²) in [5, 5.41) is 12.9. The van der Waals surface area contributed by atoms with Crippen LogP contribution in [-0.4, -0.2) is 9.13 Å². The zero-order valence-electron chi connectivity index (χ0n) is 26.1. The van der Waals surface area contributed by atoms with Crippen LogP contribution >= 0.6 is 0 Å². The number of hydrogen-bond donors (Lipinski definition) is 0. The van der Waals surface area contributed by atoms with Gasteiger partial charge in [-0.15, -0.1) is 0 Å². The molecule has 0 fully saturated rings. The minimum absolute atomic E-state index is 1.16. The predicted octanol–water partition coefficient (Wildman–Crippen LogP) is 12.4. The highest BCUT2D eigenvalue weighted by Crippen LogP contribution is 2.42. The summed E-state index contributed by atoms with van der Waals surface area (Å²) in [7, 11) is 0. The molecule has 0 unspecified atom stereocenters. The summed E-state index contributed by atoms with van der Waals surface area (Å²) in [5.74, 6) is 0. The molecular weight excluding hydrogens is 581 g/mol. The first-order valence-corrected chi connectivity index (χ1v) is 16.6. The Morgan fingerprint density at radius 3 is 1.58 bits per heavy atom. The van der Waals surface area contributed by atoms with Crippen molar-refractivity contribution in [2.24, 2.45) is 0 Å². The Morgan fingerprint density at radius 2 is 0.854 bits per heavy atom. The zero-order chi connectivity index (χ0) is 31.3. The van der Waals surface area contributed by atoms with Crippen molar-refractivity contribution >= 4 is 75.9 Å². The Hall–Kier alpha value is -6.38. The van der Waals surface area contributed by atoms with Crippen LogP contribution in [0.25, 0.3) is 98.4 Å². The van der Waals surface area contributed by atoms with Gasteiger partial charge in [-0.3, -0.25) is 0 Å². The molecule has 0 aliphatic carbocycles. The van der Waals surface area contributed by atoms with Crippen LogP contribution in [0.4, 0.5) is 0 Å². The van der Waals surface area contributed by atoms with Gasteiger partial charge in [0.15, 0.2) is 0 Å². The SMILES string of the molecule is c1ccc(-n2c3ccccc3c3cc4c5ccccc5n(-c5cccc(-c6ccc7ccc8cccc9ccc6c7c89)c5)c4cc32)cc1. The molecule has 2 heteroatoms. The lowest BCUT2D eigenvalue weighted by Crippen LogP contribution is -1.96. The van der Waals surface area contributed by atoms with Crippen molar-refractivity contribution in [3.63, 3.8) is 0 Å². The van der Waals surface area contributed by atoms with Crippen molar-refractivity contribution in [2.45, 2.75) is 0 Å². The van der Waals surface area contributed by atoms with Crippen LogP contribution in [-0.2, 0) is 0 Å². The molecule has 11 aromatic rings. The molecule has 0 atom stereocenters. The minimum Gasteiger partial charge on any atom is -0.309 e. The molecule has 0 saturated carbocycles. The molecule has 0 aliphatic heterocycles. The second-order valence-corrected chi connectivity index (χ2v) is 12.9. The fourth-order valence-corrected chi connectivity index (χ4v) is 8.36. The summed E-state index contributed by atoms with van der Waals surface area (Å²) in [5.41, 5.74) is 9.65. The van der Waals surface area contributed by atoms with Gasteiger partial charge in [0.2, 0.25) is 0 Å².